The second-order valence-electron chi connectivity index (χ2n) is 8.62. The highest BCUT2D eigenvalue weighted by atomic mass is 35.5. The van der Waals surface area contributed by atoms with Gasteiger partial charge in [0.2, 0.25) is 0 Å². The Kier molecular flexibility index (Phi) is 6.00. The number of sulfonamides is 1. The summed E-state index contributed by atoms with van der Waals surface area (Å²) in [6.45, 7) is 6.34. The van der Waals surface area contributed by atoms with Crippen molar-refractivity contribution in [2.45, 2.75) is 43.7 Å². The molecule has 0 aliphatic carbocycles. The summed E-state index contributed by atoms with van der Waals surface area (Å²) in [5, 5.41) is 8.13. The van der Waals surface area contributed by atoms with Crippen LogP contribution in [0.3, 0.4) is 0 Å². The highest BCUT2D eigenvalue weighted by Crippen LogP contribution is 2.41. The van der Waals surface area contributed by atoms with E-state index in [9.17, 15) is 12.8 Å². The third kappa shape index (κ3) is 4.12. The second kappa shape index (κ2) is 8.46. The average molecular weight is 479 g/mol. The van der Waals surface area contributed by atoms with Gasteiger partial charge in [-0.25, -0.2) is 12.8 Å². The molecule has 1 aliphatic rings. The van der Waals surface area contributed by atoms with Crippen LogP contribution >= 0.6 is 11.6 Å². The van der Waals surface area contributed by atoms with E-state index < -0.39 is 21.4 Å². The summed E-state index contributed by atoms with van der Waals surface area (Å²) in [5.74, 6) is -0.326. The van der Waals surface area contributed by atoms with E-state index in [1.54, 1.807) is 45.3 Å². The summed E-state index contributed by atoms with van der Waals surface area (Å²) in [6, 6.07) is 10.6. The van der Waals surface area contributed by atoms with Crippen molar-refractivity contribution >= 4 is 27.3 Å². The Labute approximate surface area is 191 Å². The molecule has 0 radical (unpaired) electrons. The van der Waals surface area contributed by atoms with Gasteiger partial charge in [-0.3, -0.25) is 4.31 Å². The Morgan fingerprint density at radius 3 is 2.56 bits per heavy atom. The van der Waals surface area contributed by atoms with Crippen LogP contribution < -0.4 is 4.31 Å². The zero-order valence-corrected chi connectivity index (χ0v) is 19.6. The molecule has 1 atom stereocenters. The quantitative estimate of drug-likeness (QED) is 0.531. The van der Waals surface area contributed by atoms with Gasteiger partial charge in [0.25, 0.3) is 10.0 Å². The van der Waals surface area contributed by atoms with Gasteiger partial charge in [0.05, 0.1) is 28.3 Å². The Morgan fingerprint density at radius 1 is 1.22 bits per heavy atom. The molecule has 0 unspecified atom stereocenters. The zero-order chi connectivity index (χ0) is 23.1. The fourth-order valence-corrected chi connectivity index (χ4v) is 5.88. The first kappa shape index (κ1) is 22.7. The molecule has 4 rings (SSSR count). The molecular weight excluding hydrogens is 455 g/mol. The molecule has 0 spiro atoms. The van der Waals surface area contributed by atoms with Gasteiger partial charge in [-0.05, 0) is 45.4 Å². The molecule has 7 nitrogen and oxygen atoms in total. The van der Waals surface area contributed by atoms with E-state index in [0.717, 1.165) is 12.5 Å². The van der Waals surface area contributed by atoms with E-state index in [2.05, 4.69) is 10.2 Å². The molecule has 1 aliphatic heterocycles. The van der Waals surface area contributed by atoms with Crippen molar-refractivity contribution < 1.29 is 17.5 Å². The fourth-order valence-electron chi connectivity index (χ4n) is 3.88. The Balaban J connectivity index is 1.96. The van der Waals surface area contributed by atoms with Gasteiger partial charge < -0.3 is 9.30 Å². The highest BCUT2D eigenvalue weighted by Gasteiger charge is 2.37. The SMILES string of the molecule is CC(C)(C)N(c1cc(F)c(Cl)cc1-c1nncn1[C@H]1CCOC1)S(=O)(=O)c1ccccc1. The third-order valence-corrected chi connectivity index (χ3v) is 7.64. The Bertz CT molecular complexity index is 1220. The predicted molar refractivity (Wildman–Crippen MR) is 121 cm³/mol. The number of anilines is 1. The molecule has 2 aromatic carbocycles. The number of hydrogen-bond acceptors (Lipinski definition) is 5. The van der Waals surface area contributed by atoms with E-state index in [4.69, 9.17) is 16.3 Å². The molecule has 170 valence electrons. The summed E-state index contributed by atoms with van der Waals surface area (Å²) in [6.07, 6.45) is 2.34. The van der Waals surface area contributed by atoms with Crippen molar-refractivity contribution in [1.82, 2.24) is 14.8 Å². The Morgan fingerprint density at radius 2 is 1.94 bits per heavy atom. The minimum absolute atomic E-state index is 0.00880. The lowest BCUT2D eigenvalue weighted by atomic mass is 10.1. The van der Waals surface area contributed by atoms with Gasteiger partial charge in [0.1, 0.15) is 12.1 Å². The third-order valence-electron chi connectivity index (χ3n) is 5.26. The van der Waals surface area contributed by atoms with Crippen LogP contribution in [0.5, 0.6) is 0 Å². The standard InChI is InChI=1S/C22H24ClFN4O3S/c1-22(2,3)28(32(29,30)16-7-5-4-6-8-16)20-12-19(24)18(23)11-17(20)21-26-25-14-27(21)15-9-10-31-13-15/h4-8,11-12,14-15H,9-10,13H2,1-3H3/t15-/m0/s1. The number of nitrogens with zero attached hydrogens (tertiary/aromatic N) is 4. The summed E-state index contributed by atoms with van der Waals surface area (Å²) in [5.41, 5.74) is -0.419. The molecule has 0 N–H and O–H groups in total. The molecular formula is C22H24ClFN4O3S. The van der Waals surface area contributed by atoms with Crippen LogP contribution in [0.25, 0.3) is 11.4 Å². The van der Waals surface area contributed by atoms with Crippen molar-refractivity contribution in [3.05, 3.63) is 59.6 Å². The van der Waals surface area contributed by atoms with Crippen LogP contribution in [0.2, 0.25) is 5.02 Å². The van der Waals surface area contributed by atoms with Crippen molar-refractivity contribution in [2.75, 3.05) is 17.5 Å². The monoisotopic (exact) mass is 478 g/mol. The first-order valence-corrected chi connectivity index (χ1v) is 12.0. The lowest BCUT2D eigenvalue weighted by Gasteiger charge is -2.37. The lowest BCUT2D eigenvalue weighted by Crippen LogP contribution is -2.46. The van der Waals surface area contributed by atoms with Gasteiger partial charge in [0.15, 0.2) is 5.82 Å². The summed E-state index contributed by atoms with van der Waals surface area (Å²) in [7, 11) is -4.05. The van der Waals surface area contributed by atoms with Crippen molar-refractivity contribution in [3.63, 3.8) is 0 Å². The number of ether oxygens (including phenoxy) is 1. The summed E-state index contributed by atoms with van der Waals surface area (Å²) < 4.78 is 50.8. The van der Waals surface area contributed by atoms with Gasteiger partial charge in [-0.2, -0.15) is 0 Å². The van der Waals surface area contributed by atoms with Crippen LogP contribution in [0.1, 0.15) is 33.2 Å². The first-order valence-electron chi connectivity index (χ1n) is 10.2. The lowest BCUT2D eigenvalue weighted by molar-refractivity contribution is 0.187. The van der Waals surface area contributed by atoms with Crippen LogP contribution in [-0.2, 0) is 14.8 Å². The molecule has 0 saturated carbocycles. The number of aromatic nitrogens is 3. The summed E-state index contributed by atoms with van der Waals surface area (Å²) >= 11 is 6.14. The molecule has 0 bridgehead atoms. The molecule has 0 amide bonds. The molecule has 1 fully saturated rings. The normalized spacial score (nSPS) is 17.0. The number of benzene rings is 2. The topological polar surface area (TPSA) is 77.3 Å². The second-order valence-corrected chi connectivity index (χ2v) is 10.8. The number of halogens is 2. The maximum Gasteiger partial charge on any atom is 0.264 e. The largest absolute Gasteiger partial charge is 0.379 e. The van der Waals surface area contributed by atoms with E-state index in [0.29, 0.717) is 24.6 Å². The van der Waals surface area contributed by atoms with E-state index in [1.807, 2.05) is 4.57 Å². The fraction of sp³-hybridized carbons (Fsp3) is 0.364. The molecule has 1 aromatic heterocycles. The minimum atomic E-state index is -4.05. The maximum atomic E-state index is 14.7. The molecule has 10 heteroatoms. The minimum Gasteiger partial charge on any atom is -0.379 e. The molecule has 2 heterocycles. The number of hydrogen-bond donors (Lipinski definition) is 0. The highest BCUT2D eigenvalue weighted by molar-refractivity contribution is 7.93. The van der Waals surface area contributed by atoms with Crippen molar-refractivity contribution in [2.24, 2.45) is 0 Å². The zero-order valence-electron chi connectivity index (χ0n) is 18.0. The van der Waals surface area contributed by atoms with E-state index in [1.165, 1.54) is 22.5 Å². The van der Waals surface area contributed by atoms with Gasteiger partial charge in [-0.1, -0.05) is 29.8 Å². The molecule has 3 aromatic rings. The Hall–Kier alpha value is -2.49. The van der Waals surface area contributed by atoms with E-state index in [-0.39, 0.29) is 21.6 Å². The van der Waals surface area contributed by atoms with Crippen LogP contribution in [0, 0.1) is 5.82 Å². The van der Waals surface area contributed by atoms with Crippen LogP contribution in [-0.4, -0.2) is 41.9 Å². The summed E-state index contributed by atoms with van der Waals surface area (Å²) in [4.78, 5) is 0.0990. The predicted octanol–water partition coefficient (Wildman–Crippen LogP) is 4.69. The van der Waals surface area contributed by atoms with Crippen LogP contribution in [0.15, 0.2) is 53.7 Å². The van der Waals surface area contributed by atoms with Gasteiger partial charge in [-0.15, -0.1) is 10.2 Å². The van der Waals surface area contributed by atoms with E-state index >= 15 is 0 Å². The maximum absolute atomic E-state index is 14.7. The van der Waals surface area contributed by atoms with Crippen LogP contribution in [0.4, 0.5) is 10.1 Å². The first-order chi connectivity index (χ1) is 15.1. The molecule has 1 saturated heterocycles. The van der Waals surface area contributed by atoms with Crippen molar-refractivity contribution in [1.29, 1.82) is 0 Å². The van der Waals surface area contributed by atoms with Crippen molar-refractivity contribution in [3.8, 4) is 11.4 Å². The smallest absolute Gasteiger partial charge is 0.264 e. The molecule has 32 heavy (non-hydrogen) atoms. The number of rotatable bonds is 5. The van der Waals surface area contributed by atoms with Gasteiger partial charge >= 0.3 is 0 Å². The van der Waals surface area contributed by atoms with Gasteiger partial charge in [0, 0.05) is 23.8 Å². The average Bonchev–Trinajstić information content (AvgIpc) is 3.41.